The normalized spacial score (nSPS) is 28.0. The van der Waals surface area contributed by atoms with E-state index in [2.05, 4.69) is 21.3 Å². The minimum Gasteiger partial charge on any atom is -0.335 e. The van der Waals surface area contributed by atoms with E-state index in [1.807, 2.05) is 30.3 Å². The highest BCUT2D eigenvalue weighted by Gasteiger charge is 2.37. The maximum atomic E-state index is 11.9. The topological polar surface area (TPSA) is 82.3 Å². The zero-order valence-corrected chi connectivity index (χ0v) is 11.1. The van der Waals surface area contributed by atoms with Gasteiger partial charge >= 0.3 is 12.1 Å². The van der Waals surface area contributed by atoms with Crippen molar-refractivity contribution in [3.63, 3.8) is 0 Å². The van der Waals surface area contributed by atoms with Crippen LogP contribution in [0.5, 0.6) is 0 Å². The Labute approximate surface area is 117 Å². The summed E-state index contributed by atoms with van der Waals surface area (Å²) in [5.74, 6) is 0. The first-order valence-corrected chi connectivity index (χ1v) is 6.90. The molecule has 1 aliphatic heterocycles. The second-order valence-corrected chi connectivity index (χ2v) is 5.31. The Morgan fingerprint density at radius 2 is 1.85 bits per heavy atom. The maximum absolute atomic E-state index is 11.9. The molecule has 106 valence electrons. The molecule has 0 radical (unpaired) electrons. The van der Waals surface area contributed by atoms with Crippen LogP contribution in [0.25, 0.3) is 0 Å². The van der Waals surface area contributed by atoms with Crippen LogP contribution in [0.4, 0.5) is 15.3 Å². The lowest BCUT2D eigenvalue weighted by atomic mass is 9.88. The Bertz CT molecular complexity index is 505. The second kappa shape index (κ2) is 5.40. The second-order valence-electron chi connectivity index (χ2n) is 5.31. The molecule has 0 spiro atoms. The predicted octanol–water partition coefficient (Wildman–Crippen LogP) is 1.41. The number of rotatable bonds is 2. The van der Waals surface area contributed by atoms with E-state index in [1.54, 1.807) is 0 Å². The van der Waals surface area contributed by atoms with Gasteiger partial charge in [-0.3, -0.25) is 0 Å². The summed E-state index contributed by atoms with van der Waals surface area (Å²) in [4.78, 5) is 23.2. The maximum Gasteiger partial charge on any atom is 0.319 e. The fraction of sp³-hybridized carbons (Fsp3) is 0.429. The number of hydrogen-bond donors (Lipinski definition) is 4. The van der Waals surface area contributed by atoms with Crippen molar-refractivity contribution >= 4 is 17.7 Å². The van der Waals surface area contributed by atoms with Gasteiger partial charge < -0.3 is 21.3 Å². The van der Waals surface area contributed by atoms with Gasteiger partial charge in [-0.15, -0.1) is 0 Å². The lowest BCUT2D eigenvalue weighted by molar-refractivity contribution is 0.239. The molecule has 1 aromatic carbocycles. The molecule has 4 N–H and O–H groups in total. The highest BCUT2D eigenvalue weighted by atomic mass is 16.2. The molecule has 0 aromatic heterocycles. The van der Waals surface area contributed by atoms with Gasteiger partial charge in [0, 0.05) is 11.7 Å². The molecular weight excluding hydrogens is 256 g/mol. The molecule has 2 aliphatic rings. The summed E-state index contributed by atoms with van der Waals surface area (Å²) in [5.41, 5.74) is 0.773. The Kier molecular flexibility index (Phi) is 3.45. The van der Waals surface area contributed by atoms with Gasteiger partial charge in [-0.1, -0.05) is 18.2 Å². The number of fused-ring (bicyclic) bond motifs is 1. The number of carbonyl (C=O) groups excluding carboxylic acids is 2. The van der Waals surface area contributed by atoms with Crippen LogP contribution in [0.1, 0.15) is 19.3 Å². The number of carbonyl (C=O) groups is 2. The Balaban J connectivity index is 1.51. The first-order chi connectivity index (χ1) is 9.70. The molecule has 3 atom stereocenters. The molecule has 0 bridgehead atoms. The molecule has 1 heterocycles. The van der Waals surface area contributed by atoms with Crippen molar-refractivity contribution in [1.82, 2.24) is 16.0 Å². The van der Waals surface area contributed by atoms with Gasteiger partial charge in [-0.25, -0.2) is 9.59 Å². The van der Waals surface area contributed by atoms with Crippen molar-refractivity contribution in [2.45, 2.75) is 37.4 Å². The minimum absolute atomic E-state index is 0.0974. The van der Waals surface area contributed by atoms with Gasteiger partial charge in [0.05, 0.1) is 12.1 Å². The number of amides is 4. The predicted molar refractivity (Wildman–Crippen MR) is 75.5 cm³/mol. The molecule has 1 aromatic rings. The average Bonchev–Trinajstić information content (AvgIpc) is 2.79. The zero-order chi connectivity index (χ0) is 13.9. The highest BCUT2D eigenvalue weighted by molar-refractivity contribution is 5.89. The molecule has 6 nitrogen and oxygen atoms in total. The van der Waals surface area contributed by atoms with E-state index >= 15 is 0 Å². The first-order valence-electron chi connectivity index (χ1n) is 6.90. The van der Waals surface area contributed by atoms with Gasteiger partial charge in [-0.2, -0.15) is 0 Å². The van der Waals surface area contributed by atoms with Crippen LogP contribution in [-0.2, 0) is 0 Å². The van der Waals surface area contributed by atoms with Crippen LogP contribution in [0.2, 0.25) is 0 Å². The molecule has 4 amide bonds. The van der Waals surface area contributed by atoms with E-state index in [0.717, 1.165) is 24.9 Å². The largest absolute Gasteiger partial charge is 0.335 e. The number of anilines is 1. The standard InChI is InChI=1S/C14H18N4O2/c19-13(15-9-4-2-1-3-5-9)16-10-6-7-11-12(8-10)18-14(20)17-11/h1-5,10-12H,6-8H2,(H2,15,16,19)(H2,17,18,20). The van der Waals surface area contributed by atoms with E-state index in [0.29, 0.717) is 0 Å². The highest BCUT2D eigenvalue weighted by Crippen LogP contribution is 2.22. The van der Waals surface area contributed by atoms with Crippen molar-refractivity contribution in [3.8, 4) is 0 Å². The van der Waals surface area contributed by atoms with Crippen LogP contribution >= 0.6 is 0 Å². The van der Waals surface area contributed by atoms with Crippen molar-refractivity contribution in [3.05, 3.63) is 30.3 Å². The van der Waals surface area contributed by atoms with Gasteiger partial charge in [-0.05, 0) is 31.4 Å². The molecule has 1 aliphatic carbocycles. The number of urea groups is 2. The molecule has 3 unspecified atom stereocenters. The van der Waals surface area contributed by atoms with Gasteiger partial charge in [0.25, 0.3) is 0 Å². The van der Waals surface area contributed by atoms with Crippen LogP contribution in [0.15, 0.2) is 30.3 Å². The zero-order valence-electron chi connectivity index (χ0n) is 11.1. The first kappa shape index (κ1) is 12.8. The number of nitrogens with one attached hydrogen (secondary N) is 4. The summed E-state index contributed by atoms with van der Waals surface area (Å²) in [6.45, 7) is 0. The average molecular weight is 274 g/mol. The van der Waals surface area contributed by atoms with E-state index < -0.39 is 0 Å². The van der Waals surface area contributed by atoms with Gasteiger partial charge in [0.15, 0.2) is 0 Å². The summed E-state index contributed by atoms with van der Waals surface area (Å²) in [7, 11) is 0. The lowest BCUT2D eigenvalue weighted by Crippen LogP contribution is -2.48. The third-order valence-electron chi connectivity index (χ3n) is 3.85. The van der Waals surface area contributed by atoms with Crippen LogP contribution in [0, 0.1) is 0 Å². The van der Waals surface area contributed by atoms with E-state index in [1.165, 1.54) is 0 Å². The van der Waals surface area contributed by atoms with E-state index in [4.69, 9.17) is 0 Å². The SMILES string of the molecule is O=C(Nc1ccccc1)NC1CCC2NC(=O)NC2C1. The van der Waals surface area contributed by atoms with Crippen molar-refractivity contribution in [2.24, 2.45) is 0 Å². The van der Waals surface area contributed by atoms with Gasteiger partial charge in [0.2, 0.25) is 0 Å². The summed E-state index contributed by atoms with van der Waals surface area (Å²) in [6, 6.07) is 9.47. The summed E-state index contributed by atoms with van der Waals surface area (Å²) in [6.07, 6.45) is 2.54. The van der Waals surface area contributed by atoms with Gasteiger partial charge in [0.1, 0.15) is 0 Å². The summed E-state index contributed by atoms with van der Waals surface area (Å²) >= 11 is 0. The number of benzene rings is 1. The summed E-state index contributed by atoms with van der Waals surface area (Å²) < 4.78 is 0. The third-order valence-corrected chi connectivity index (χ3v) is 3.85. The fourth-order valence-corrected chi connectivity index (χ4v) is 2.89. The van der Waals surface area contributed by atoms with Crippen LogP contribution in [0.3, 0.4) is 0 Å². The molecule has 6 heteroatoms. The minimum atomic E-state index is -0.197. The molecular formula is C14H18N4O2. The van der Waals surface area contributed by atoms with Crippen LogP contribution < -0.4 is 21.3 Å². The van der Waals surface area contributed by atoms with Crippen molar-refractivity contribution in [1.29, 1.82) is 0 Å². The fourth-order valence-electron chi connectivity index (χ4n) is 2.89. The molecule has 3 rings (SSSR count). The van der Waals surface area contributed by atoms with E-state index in [9.17, 15) is 9.59 Å². The smallest absolute Gasteiger partial charge is 0.319 e. The number of para-hydroxylation sites is 1. The van der Waals surface area contributed by atoms with E-state index in [-0.39, 0.29) is 30.2 Å². The summed E-state index contributed by atoms with van der Waals surface area (Å²) in [5, 5.41) is 11.5. The van der Waals surface area contributed by atoms with Crippen molar-refractivity contribution < 1.29 is 9.59 Å². The van der Waals surface area contributed by atoms with Crippen LogP contribution in [-0.4, -0.2) is 30.2 Å². The molecule has 1 saturated carbocycles. The quantitative estimate of drug-likeness (QED) is 0.657. The Morgan fingerprint density at radius 1 is 1.10 bits per heavy atom. The molecule has 2 fully saturated rings. The Hall–Kier alpha value is -2.24. The van der Waals surface area contributed by atoms with Crippen molar-refractivity contribution in [2.75, 3.05) is 5.32 Å². The number of hydrogen-bond acceptors (Lipinski definition) is 2. The lowest BCUT2D eigenvalue weighted by Gasteiger charge is -2.31. The Morgan fingerprint density at radius 3 is 2.65 bits per heavy atom. The monoisotopic (exact) mass is 274 g/mol. The molecule has 1 saturated heterocycles. The third kappa shape index (κ3) is 2.84. The molecule has 20 heavy (non-hydrogen) atoms.